The minimum absolute atomic E-state index is 0. The van der Waals surface area contributed by atoms with Crippen molar-refractivity contribution in [2.45, 2.75) is 76.7 Å². The molecule has 0 aromatic rings. The summed E-state index contributed by atoms with van der Waals surface area (Å²) in [6.07, 6.45) is 14.0. The molecule has 2 aliphatic carbocycles. The van der Waals surface area contributed by atoms with Gasteiger partial charge in [-0.3, -0.25) is 4.79 Å². The number of carbonyl (C=O) groups is 1. The van der Waals surface area contributed by atoms with Crippen molar-refractivity contribution < 1.29 is 4.79 Å². The van der Waals surface area contributed by atoms with Crippen LogP contribution >= 0.6 is 12.4 Å². The first-order valence-electron chi connectivity index (χ1n) is 9.35. The van der Waals surface area contributed by atoms with Crippen molar-refractivity contribution in [2.75, 3.05) is 19.6 Å². The second kappa shape index (κ2) is 9.12. The maximum atomic E-state index is 12.7. The Morgan fingerprint density at radius 3 is 2.05 bits per heavy atom. The van der Waals surface area contributed by atoms with Crippen LogP contribution < -0.4 is 5.32 Å². The second-order valence-corrected chi connectivity index (χ2v) is 7.49. The number of halogens is 1. The molecule has 0 radical (unpaired) electrons. The first-order chi connectivity index (χ1) is 10.3. The van der Waals surface area contributed by atoms with E-state index in [0.29, 0.717) is 17.9 Å². The summed E-state index contributed by atoms with van der Waals surface area (Å²) in [5.74, 6) is 1.76. The lowest BCUT2D eigenvalue weighted by molar-refractivity contribution is -0.137. The molecule has 2 saturated carbocycles. The molecule has 1 amide bonds. The molecule has 1 heterocycles. The fourth-order valence-corrected chi connectivity index (χ4v) is 3.92. The van der Waals surface area contributed by atoms with E-state index in [1.54, 1.807) is 0 Å². The fraction of sp³-hybridized carbons (Fsp3) is 0.944. The predicted molar refractivity (Wildman–Crippen MR) is 93.4 cm³/mol. The molecule has 1 saturated heterocycles. The Labute approximate surface area is 142 Å². The van der Waals surface area contributed by atoms with Gasteiger partial charge in [-0.05, 0) is 51.0 Å². The quantitative estimate of drug-likeness (QED) is 0.852. The third kappa shape index (κ3) is 5.42. The average Bonchev–Trinajstić information content (AvgIpc) is 3.29. The van der Waals surface area contributed by atoms with Crippen molar-refractivity contribution in [3.8, 4) is 0 Å². The van der Waals surface area contributed by atoms with Gasteiger partial charge in [0, 0.05) is 25.0 Å². The molecule has 0 spiro atoms. The molecule has 3 rings (SSSR count). The highest BCUT2D eigenvalue weighted by molar-refractivity contribution is 5.85. The zero-order valence-corrected chi connectivity index (χ0v) is 14.7. The van der Waals surface area contributed by atoms with Gasteiger partial charge in [0.05, 0.1) is 0 Å². The minimum atomic E-state index is 0. The van der Waals surface area contributed by atoms with E-state index in [0.717, 1.165) is 44.7 Å². The predicted octanol–water partition coefficient (Wildman–Crippen LogP) is 3.76. The van der Waals surface area contributed by atoms with Gasteiger partial charge in [-0.25, -0.2) is 0 Å². The lowest BCUT2D eigenvalue weighted by Crippen LogP contribution is -2.47. The number of nitrogens with one attached hydrogen (secondary N) is 1. The summed E-state index contributed by atoms with van der Waals surface area (Å²) in [4.78, 5) is 14.9. The van der Waals surface area contributed by atoms with E-state index in [1.807, 2.05) is 0 Å². The highest BCUT2D eigenvalue weighted by atomic mass is 35.5. The number of amides is 1. The van der Waals surface area contributed by atoms with Crippen LogP contribution in [0.5, 0.6) is 0 Å². The Kier molecular flexibility index (Phi) is 7.49. The van der Waals surface area contributed by atoms with E-state index < -0.39 is 0 Å². The summed E-state index contributed by atoms with van der Waals surface area (Å²) in [6, 6.07) is 0.659. The Morgan fingerprint density at radius 2 is 1.45 bits per heavy atom. The van der Waals surface area contributed by atoms with Gasteiger partial charge >= 0.3 is 0 Å². The Morgan fingerprint density at radius 1 is 0.864 bits per heavy atom. The zero-order chi connectivity index (χ0) is 14.5. The molecule has 0 atom stereocenters. The highest BCUT2D eigenvalue weighted by Gasteiger charge is 2.29. The lowest BCUT2D eigenvalue weighted by atomic mass is 9.89. The van der Waals surface area contributed by atoms with Gasteiger partial charge in [-0.1, -0.05) is 32.1 Å². The maximum absolute atomic E-state index is 12.7. The van der Waals surface area contributed by atoms with Crippen LogP contribution in [0.4, 0.5) is 0 Å². The van der Waals surface area contributed by atoms with Crippen molar-refractivity contribution in [3.63, 3.8) is 0 Å². The lowest BCUT2D eigenvalue weighted by Gasteiger charge is -2.35. The summed E-state index contributed by atoms with van der Waals surface area (Å²) >= 11 is 0. The Bertz CT molecular complexity index is 330. The molecule has 1 aliphatic heterocycles. The number of nitrogens with zero attached hydrogens (tertiary/aromatic N) is 1. The van der Waals surface area contributed by atoms with E-state index in [2.05, 4.69) is 10.2 Å². The molecular weight excluding hydrogens is 296 g/mol. The van der Waals surface area contributed by atoms with E-state index in [9.17, 15) is 4.79 Å². The van der Waals surface area contributed by atoms with Crippen LogP contribution in [0.25, 0.3) is 0 Å². The van der Waals surface area contributed by atoms with Crippen LogP contribution in [0.3, 0.4) is 0 Å². The largest absolute Gasteiger partial charge is 0.342 e. The number of rotatable bonds is 4. The summed E-state index contributed by atoms with van der Waals surface area (Å²) < 4.78 is 0. The molecule has 0 bridgehead atoms. The molecule has 0 aromatic heterocycles. The number of hydrogen-bond acceptors (Lipinski definition) is 2. The summed E-state index contributed by atoms with van der Waals surface area (Å²) in [5.41, 5.74) is 0. The van der Waals surface area contributed by atoms with Gasteiger partial charge in [-0.2, -0.15) is 0 Å². The molecule has 3 fully saturated rings. The molecule has 1 N–H and O–H groups in total. The van der Waals surface area contributed by atoms with Crippen molar-refractivity contribution in [1.82, 2.24) is 10.2 Å². The molecule has 0 unspecified atom stereocenters. The smallest absolute Gasteiger partial charge is 0.225 e. The molecule has 3 aliphatic rings. The van der Waals surface area contributed by atoms with Gasteiger partial charge in [0.25, 0.3) is 0 Å². The van der Waals surface area contributed by atoms with Gasteiger partial charge < -0.3 is 10.2 Å². The van der Waals surface area contributed by atoms with Crippen LogP contribution in [-0.2, 0) is 4.79 Å². The normalized spacial score (nSPS) is 25.2. The van der Waals surface area contributed by atoms with Crippen molar-refractivity contribution >= 4 is 18.3 Å². The van der Waals surface area contributed by atoms with Crippen molar-refractivity contribution in [1.29, 1.82) is 0 Å². The average molecular weight is 329 g/mol. The number of hydrogen-bond donors (Lipinski definition) is 1. The molecule has 3 nitrogen and oxygen atoms in total. The van der Waals surface area contributed by atoms with Gasteiger partial charge in [0.1, 0.15) is 0 Å². The molecule has 0 aromatic carbocycles. The summed E-state index contributed by atoms with van der Waals surface area (Å²) in [5, 5.41) is 3.70. The van der Waals surface area contributed by atoms with Gasteiger partial charge in [0.15, 0.2) is 0 Å². The minimum Gasteiger partial charge on any atom is -0.342 e. The third-order valence-electron chi connectivity index (χ3n) is 5.65. The van der Waals surface area contributed by atoms with Gasteiger partial charge in [-0.15, -0.1) is 12.4 Å². The van der Waals surface area contributed by atoms with E-state index in [1.165, 1.54) is 51.5 Å². The van der Waals surface area contributed by atoms with E-state index in [4.69, 9.17) is 0 Å². The molecule has 22 heavy (non-hydrogen) atoms. The molecular formula is C18H33ClN2O. The fourth-order valence-electron chi connectivity index (χ4n) is 3.92. The van der Waals surface area contributed by atoms with E-state index in [-0.39, 0.29) is 12.4 Å². The SMILES string of the molecule is Cl.O=C(C1CCCCCCC1)N1CCC(NCC2CC2)CC1. The number of likely N-dealkylation sites (tertiary alicyclic amines) is 1. The molecule has 4 heteroatoms. The van der Waals surface area contributed by atoms with Crippen LogP contribution in [0.1, 0.15) is 70.6 Å². The summed E-state index contributed by atoms with van der Waals surface area (Å²) in [7, 11) is 0. The van der Waals surface area contributed by atoms with Crippen molar-refractivity contribution in [2.24, 2.45) is 11.8 Å². The maximum Gasteiger partial charge on any atom is 0.225 e. The Hall–Kier alpha value is -0.280. The second-order valence-electron chi connectivity index (χ2n) is 7.49. The van der Waals surface area contributed by atoms with Gasteiger partial charge in [0.2, 0.25) is 5.91 Å². The van der Waals surface area contributed by atoms with Crippen LogP contribution in [0, 0.1) is 11.8 Å². The Balaban J connectivity index is 0.00000176. The topological polar surface area (TPSA) is 32.3 Å². The van der Waals surface area contributed by atoms with E-state index >= 15 is 0 Å². The van der Waals surface area contributed by atoms with Crippen molar-refractivity contribution in [3.05, 3.63) is 0 Å². The molecule has 128 valence electrons. The van der Waals surface area contributed by atoms with Crippen LogP contribution in [0.15, 0.2) is 0 Å². The van der Waals surface area contributed by atoms with Crippen LogP contribution in [-0.4, -0.2) is 36.5 Å². The monoisotopic (exact) mass is 328 g/mol. The number of piperidine rings is 1. The number of carbonyl (C=O) groups excluding carboxylic acids is 1. The highest BCUT2D eigenvalue weighted by Crippen LogP contribution is 2.28. The van der Waals surface area contributed by atoms with Crippen LogP contribution in [0.2, 0.25) is 0 Å². The zero-order valence-electron chi connectivity index (χ0n) is 13.9. The third-order valence-corrected chi connectivity index (χ3v) is 5.65. The summed E-state index contributed by atoms with van der Waals surface area (Å²) in [6.45, 7) is 3.18. The standard InChI is InChI=1S/C18H32N2O.ClH/c21-18(16-6-4-2-1-3-5-7-16)20-12-10-17(11-13-20)19-14-15-8-9-15;/h15-17,19H,1-14H2;1H. The first-order valence-corrected chi connectivity index (χ1v) is 9.35. The first kappa shape index (κ1) is 18.1.